The summed E-state index contributed by atoms with van der Waals surface area (Å²) < 4.78 is 1.26. The van der Waals surface area contributed by atoms with E-state index in [0.29, 0.717) is 0 Å². The van der Waals surface area contributed by atoms with E-state index in [2.05, 4.69) is 25.1 Å². The molecule has 0 amide bonds. The molecule has 0 spiro atoms. The Balaban J connectivity index is 1.97. The van der Waals surface area contributed by atoms with E-state index in [-0.39, 0.29) is 5.54 Å². The molecule has 0 atom stereocenters. The molecule has 17 heavy (non-hydrogen) atoms. The average molecular weight is 246 g/mol. The van der Waals surface area contributed by atoms with Gasteiger partial charge in [-0.05, 0) is 43.7 Å². The number of rotatable bonds is 1. The first kappa shape index (κ1) is 11.2. The van der Waals surface area contributed by atoms with Crippen LogP contribution in [0.25, 0.3) is 10.2 Å². The van der Waals surface area contributed by atoms with Crippen molar-refractivity contribution in [3.63, 3.8) is 0 Å². The zero-order chi connectivity index (χ0) is 11.9. The quantitative estimate of drug-likeness (QED) is 0.834. The first-order valence-electron chi connectivity index (χ1n) is 6.32. The Labute approximate surface area is 106 Å². The van der Waals surface area contributed by atoms with E-state index in [1.54, 1.807) is 11.3 Å². The molecule has 1 aromatic carbocycles. The molecule has 1 saturated carbocycles. The topological polar surface area (TPSA) is 38.9 Å². The number of fused-ring (bicyclic) bond motifs is 1. The minimum absolute atomic E-state index is 0.170. The van der Waals surface area contributed by atoms with Crippen LogP contribution in [0, 0.1) is 5.92 Å². The van der Waals surface area contributed by atoms with Crippen LogP contribution in [0.3, 0.4) is 0 Å². The summed E-state index contributed by atoms with van der Waals surface area (Å²) in [4.78, 5) is 4.73. The number of nitrogens with zero attached hydrogens (tertiary/aromatic N) is 1. The van der Waals surface area contributed by atoms with Crippen molar-refractivity contribution in [1.82, 2.24) is 4.98 Å². The smallest absolute Gasteiger partial charge is 0.114 e. The predicted octanol–water partition coefficient (Wildman–Crippen LogP) is 3.66. The highest BCUT2D eigenvalue weighted by Crippen LogP contribution is 2.40. The van der Waals surface area contributed by atoms with E-state index in [1.165, 1.54) is 17.5 Å². The molecule has 1 fully saturated rings. The highest BCUT2D eigenvalue weighted by Gasteiger charge is 2.34. The maximum absolute atomic E-state index is 6.55. The van der Waals surface area contributed by atoms with Crippen LogP contribution in [-0.2, 0) is 5.54 Å². The molecule has 1 aromatic heterocycles. The third-order valence-corrected chi connectivity index (χ3v) is 5.14. The van der Waals surface area contributed by atoms with Crippen LogP contribution in [0.15, 0.2) is 24.3 Å². The first-order chi connectivity index (χ1) is 8.17. The van der Waals surface area contributed by atoms with Crippen LogP contribution >= 0.6 is 11.3 Å². The summed E-state index contributed by atoms with van der Waals surface area (Å²) in [6, 6.07) is 8.31. The second-order valence-corrected chi connectivity index (χ2v) is 6.36. The molecule has 2 nitrogen and oxygen atoms in total. The third-order valence-electron chi connectivity index (χ3n) is 3.89. The van der Waals surface area contributed by atoms with Crippen molar-refractivity contribution in [2.45, 2.75) is 38.1 Å². The summed E-state index contributed by atoms with van der Waals surface area (Å²) in [6.45, 7) is 2.32. The standard InChI is InChI=1S/C14H18N2S/c1-10-6-8-14(15,9-7-10)13-16-11-4-2-3-5-12(11)17-13/h2-5,10H,6-9,15H2,1H3. The molecule has 0 aliphatic heterocycles. The molecule has 1 aliphatic carbocycles. The van der Waals surface area contributed by atoms with Gasteiger partial charge in [-0.15, -0.1) is 11.3 Å². The van der Waals surface area contributed by atoms with Crippen LogP contribution in [0.1, 0.15) is 37.6 Å². The normalized spacial score (nSPS) is 29.6. The van der Waals surface area contributed by atoms with Gasteiger partial charge in [0, 0.05) is 0 Å². The van der Waals surface area contributed by atoms with E-state index in [9.17, 15) is 0 Å². The Morgan fingerprint density at radius 1 is 1.29 bits per heavy atom. The van der Waals surface area contributed by atoms with E-state index in [0.717, 1.165) is 29.3 Å². The summed E-state index contributed by atoms with van der Waals surface area (Å²) in [5, 5.41) is 1.13. The molecule has 3 heteroatoms. The first-order valence-corrected chi connectivity index (χ1v) is 7.14. The van der Waals surface area contributed by atoms with Crippen molar-refractivity contribution in [3.8, 4) is 0 Å². The molecule has 3 rings (SSSR count). The zero-order valence-electron chi connectivity index (χ0n) is 10.1. The number of nitrogens with two attached hydrogens (primary N) is 1. The minimum atomic E-state index is -0.170. The second kappa shape index (κ2) is 4.07. The lowest BCUT2D eigenvalue weighted by Gasteiger charge is -2.34. The largest absolute Gasteiger partial charge is 0.319 e. The van der Waals surface area contributed by atoms with Crippen molar-refractivity contribution in [3.05, 3.63) is 29.3 Å². The SMILES string of the molecule is CC1CCC(N)(c2nc3ccccc3s2)CC1. The maximum Gasteiger partial charge on any atom is 0.114 e. The van der Waals surface area contributed by atoms with Crippen molar-refractivity contribution in [1.29, 1.82) is 0 Å². The molecule has 0 bridgehead atoms. The lowest BCUT2D eigenvalue weighted by molar-refractivity contribution is 0.247. The van der Waals surface area contributed by atoms with Gasteiger partial charge >= 0.3 is 0 Å². The van der Waals surface area contributed by atoms with Crippen LogP contribution in [-0.4, -0.2) is 4.98 Å². The predicted molar refractivity (Wildman–Crippen MR) is 73.1 cm³/mol. The Morgan fingerprint density at radius 2 is 2.00 bits per heavy atom. The van der Waals surface area contributed by atoms with Gasteiger partial charge in [-0.1, -0.05) is 19.1 Å². The molecule has 0 saturated heterocycles. The van der Waals surface area contributed by atoms with Crippen molar-refractivity contribution in [2.24, 2.45) is 11.7 Å². The number of para-hydroxylation sites is 1. The number of benzene rings is 1. The molecular weight excluding hydrogens is 228 g/mol. The summed E-state index contributed by atoms with van der Waals surface area (Å²) in [5.74, 6) is 0.820. The van der Waals surface area contributed by atoms with Gasteiger partial charge < -0.3 is 5.73 Å². The average Bonchev–Trinajstić information content (AvgIpc) is 2.77. The molecule has 0 unspecified atom stereocenters. The fraction of sp³-hybridized carbons (Fsp3) is 0.500. The van der Waals surface area contributed by atoms with Crippen LogP contribution in [0.2, 0.25) is 0 Å². The van der Waals surface area contributed by atoms with Gasteiger partial charge in [0.05, 0.1) is 15.8 Å². The number of hydrogen-bond acceptors (Lipinski definition) is 3. The van der Waals surface area contributed by atoms with Crippen molar-refractivity contribution in [2.75, 3.05) is 0 Å². The van der Waals surface area contributed by atoms with Crippen LogP contribution in [0.4, 0.5) is 0 Å². The maximum atomic E-state index is 6.55. The monoisotopic (exact) mass is 246 g/mol. The summed E-state index contributed by atoms with van der Waals surface area (Å²) in [6.07, 6.45) is 4.61. The fourth-order valence-electron chi connectivity index (χ4n) is 2.58. The van der Waals surface area contributed by atoms with Gasteiger partial charge in [-0.2, -0.15) is 0 Å². The molecule has 0 radical (unpaired) electrons. The Bertz CT molecular complexity index is 491. The molecule has 2 aromatic rings. The number of thiazole rings is 1. The lowest BCUT2D eigenvalue weighted by Crippen LogP contribution is -2.40. The fourth-order valence-corrected chi connectivity index (χ4v) is 3.70. The highest BCUT2D eigenvalue weighted by molar-refractivity contribution is 7.18. The molecule has 1 heterocycles. The summed E-state index contributed by atoms with van der Waals surface area (Å²) >= 11 is 1.77. The van der Waals surface area contributed by atoms with Gasteiger partial charge in [0.25, 0.3) is 0 Å². The zero-order valence-corrected chi connectivity index (χ0v) is 11.0. The summed E-state index contributed by atoms with van der Waals surface area (Å²) in [7, 11) is 0. The van der Waals surface area contributed by atoms with Crippen LogP contribution in [0.5, 0.6) is 0 Å². The molecule has 2 N–H and O–H groups in total. The highest BCUT2D eigenvalue weighted by atomic mass is 32.1. The van der Waals surface area contributed by atoms with Gasteiger partial charge in [0.15, 0.2) is 0 Å². The molecular formula is C14H18N2S. The Kier molecular flexibility index (Phi) is 2.68. The van der Waals surface area contributed by atoms with E-state index in [1.807, 2.05) is 6.07 Å². The number of aromatic nitrogens is 1. The second-order valence-electron chi connectivity index (χ2n) is 5.33. The lowest BCUT2D eigenvalue weighted by atomic mass is 9.78. The molecule has 1 aliphatic rings. The minimum Gasteiger partial charge on any atom is -0.319 e. The van der Waals surface area contributed by atoms with Gasteiger partial charge in [0.2, 0.25) is 0 Å². The van der Waals surface area contributed by atoms with E-state index in [4.69, 9.17) is 10.7 Å². The third kappa shape index (κ3) is 1.98. The summed E-state index contributed by atoms with van der Waals surface area (Å²) in [5.41, 5.74) is 7.48. The Morgan fingerprint density at radius 3 is 2.71 bits per heavy atom. The van der Waals surface area contributed by atoms with Crippen molar-refractivity contribution >= 4 is 21.6 Å². The van der Waals surface area contributed by atoms with Gasteiger partial charge in [-0.25, -0.2) is 4.98 Å². The van der Waals surface area contributed by atoms with Gasteiger partial charge in [0.1, 0.15) is 5.01 Å². The van der Waals surface area contributed by atoms with Crippen LogP contribution < -0.4 is 5.73 Å². The van der Waals surface area contributed by atoms with E-state index < -0.39 is 0 Å². The Hall–Kier alpha value is -0.930. The number of hydrogen-bond donors (Lipinski definition) is 1. The van der Waals surface area contributed by atoms with Crippen molar-refractivity contribution < 1.29 is 0 Å². The van der Waals surface area contributed by atoms with Gasteiger partial charge in [-0.3, -0.25) is 0 Å². The van der Waals surface area contributed by atoms with E-state index >= 15 is 0 Å². The molecule has 90 valence electrons.